The molecule has 0 radical (unpaired) electrons. The number of amides is 6. The van der Waals surface area contributed by atoms with Crippen molar-refractivity contribution in [2.75, 3.05) is 86.0 Å². The van der Waals surface area contributed by atoms with Crippen molar-refractivity contribution in [3.05, 3.63) is 152 Å². The molecule has 5 saturated heterocycles. The van der Waals surface area contributed by atoms with Gasteiger partial charge in [0.05, 0.1) is 89.0 Å². The van der Waals surface area contributed by atoms with Crippen LogP contribution in [-0.4, -0.2) is 237 Å². The van der Waals surface area contributed by atoms with Crippen LogP contribution in [0.1, 0.15) is 140 Å². The molecule has 36 nitrogen and oxygen atoms in total. The van der Waals surface area contributed by atoms with Gasteiger partial charge in [-0.1, -0.05) is 31.6 Å². The Labute approximate surface area is 761 Å². The van der Waals surface area contributed by atoms with Crippen LogP contribution in [0, 0.1) is 50.5 Å². The Balaban J connectivity index is 0.000000126. The molecule has 12 N–H and O–H groups in total. The molecule has 0 unspecified atom stereocenters. The number of hydrogen-bond acceptors (Lipinski definition) is 23. The second-order valence-corrected chi connectivity index (χ2v) is 33.2. The summed E-state index contributed by atoms with van der Waals surface area (Å²) in [5.41, 5.74) is 14.2. The fourth-order valence-electron chi connectivity index (χ4n) is 17.6. The van der Waals surface area contributed by atoms with E-state index in [0.717, 1.165) is 196 Å². The number of nitrogens with zero attached hydrogens (tertiary/aromatic N) is 15. The van der Waals surface area contributed by atoms with E-state index in [1.165, 1.54) is 6.26 Å². The summed E-state index contributed by atoms with van der Waals surface area (Å²) in [5, 5.41) is 32.6. The number of aromatic nitrogens is 15. The minimum Gasteiger partial charge on any atom is -0.444 e. The largest absolute Gasteiger partial charge is 0.444 e. The van der Waals surface area contributed by atoms with Gasteiger partial charge in [0.25, 0.3) is 5.91 Å². The Bertz CT molecular complexity index is 6560. The van der Waals surface area contributed by atoms with Gasteiger partial charge in [0.2, 0.25) is 52.9 Å². The smallest absolute Gasteiger partial charge is 0.272 e. The molecule has 132 heavy (non-hydrogen) atoms. The highest BCUT2D eigenvalue weighted by molar-refractivity contribution is 6.02. The molecule has 0 aliphatic carbocycles. The van der Waals surface area contributed by atoms with E-state index in [2.05, 4.69) is 143 Å². The normalized spacial score (nSPS) is 18.3. The van der Waals surface area contributed by atoms with Crippen molar-refractivity contribution in [2.24, 2.45) is 0 Å². The molecular weight excluding hydrogens is 1680 g/mol. The molecule has 5 aliphatic rings. The van der Waals surface area contributed by atoms with Gasteiger partial charge in [0.15, 0.2) is 5.69 Å². The number of rotatable bonds is 20. The van der Waals surface area contributed by atoms with E-state index in [1.54, 1.807) is 67.9 Å². The van der Waals surface area contributed by atoms with Crippen molar-refractivity contribution < 1.29 is 42.0 Å². The summed E-state index contributed by atoms with van der Waals surface area (Å²) in [4.78, 5) is 136. The minimum atomic E-state index is -0.315. The molecule has 5 aliphatic heterocycles. The van der Waals surface area contributed by atoms with Crippen molar-refractivity contribution in [3.63, 3.8) is 0 Å². The van der Waals surface area contributed by atoms with Crippen LogP contribution in [0.3, 0.4) is 0 Å². The topological polar surface area (TPSA) is 445 Å². The first-order chi connectivity index (χ1) is 64.3. The van der Waals surface area contributed by atoms with Gasteiger partial charge in [-0.05, 0) is 121 Å². The van der Waals surface area contributed by atoms with Gasteiger partial charge in [0.1, 0.15) is 47.0 Å². The maximum absolute atomic E-state index is 12.4. The highest BCUT2D eigenvalue weighted by Gasteiger charge is 2.34. The molecule has 7 atom stereocenters. The first-order valence-electron chi connectivity index (χ1n) is 44.6. The molecule has 0 spiro atoms. The Morgan fingerprint density at radius 2 is 0.833 bits per heavy atom. The van der Waals surface area contributed by atoms with E-state index in [-0.39, 0.29) is 103 Å². The number of anilines is 5. The lowest BCUT2D eigenvalue weighted by Gasteiger charge is -2.38. The van der Waals surface area contributed by atoms with Gasteiger partial charge in [0, 0.05) is 215 Å². The van der Waals surface area contributed by atoms with Gasteiger partial charge < -0.3 is 94.6 Å². The number of fused-ring (bicyclic) bond motifs is 5. The number of aromatic amines is 6. The lowest BCUT2D eigenvalue weighted by molar-refractivity contribution is -0.135. The van der Waals surface area contributed by atoms with Crippen LogP contribution in [0.2, 0.25) is 0 Å². The Hall–Kier alpha value is -15.7. The van der Waals surface area contributed by atoms with Crippen LogP contribution < -0.4 is 31.9 Å². The van der Waals surface area contributed by atoms with E-state index in [1.807, 2.05) is 108 Å². The first-order valence-corrected chi connectivity index (χ1v) is 44.6. The van der Waals surface area contributed by atoms with E-state index >= 15 is 0 Å². The van der Waals surface area contributed by atoms with Crippen molar-refractivity contribution >= 4 is 125 Å². The van der Waals surface area contributed by atoms with Crippen LogP contribution in [0.4, 0.5) is 34.1 Å². The zero-order valence-electron chi connectivity index (χ0n) is 74.5. The van der Waals surface area contributed by atoms with Crippen LogP contribution >= 0.6 is 0 Å². The second-order valence-electron chi connectivity index (χ2n) is 33.2. The van der Waals surface area contributed by atoms with E-state index < -0.39 is 0 Å². The quantitative estimate of drug-likeness (QED) is 0.0249. The maximum atomic E-state index is 12.4. The van der Waals surface area contributed by atoms with Gasteiger partial charge >= 0.3 is 0 Å². The monoisotopic (exact) mass is 1780 g/mol. The molecule has 0 aromatic carbocycles. The molecule has 14 aromatic rings. The molecule has 0 saturated carbocycles. The fraction of sp³-hybridized carbons (Fsp3) is 0.375. The Kier molecular flexibility index (Phi) is 29.3. The molecule has 0 bridgehead atoms. The summed E-state index contributed by atoms with van der Waals surface area (Å²) in [6.07, 6.45) is 52.4. The fourth-order valence-corrected chi connectivity index (χ4v) is 17.6. The van der Waals surface area contributed by atoms with Crippen LogP contribution in [0.25, 0.3) is 106 Å². The molecule has 6 amide bonds. The number of likely N-dealkylation sites (tertiary alicyclic amines) is 5. The number of terminal acetylenes is 3. The number of piperidine rings is 5. The third-order valence-corrected chi connectivity index (χ3v) is 24.4. The molecule has 14 aromatic heterocycles. The molecular formula is C96H107N27O9. The van der Waals surface area contributed by atoms with Crippen molar-refractivity contribution in [2.45, 2.75) is 173 Å². The van der Waals surface area contributed by atoms with E-state index in [4.69, 9.17) is 39.1 Å². The maximum Gasteiger partial charge on any atom is 0.272 e. The zero-order valence-corrected chi connectivity index (χ0v) is 74.5. The molecule has 36 heteroatoms. The lowest BCUT2D eigenvalue weighted by atomic mass is 9.98. The summed E-state index contributed by atoms with van der Waals surface area (Å²) < 4.78 is 16.6. The van der Waals surface area contributed by atoms with Crippen molar-refractivity contribution in [1.82, 2.24) is 105 Å². The predicted molar refractivity (Wildman–Crippen MR) is 505 cm³/mol. The summed E-state index contributed by atoms with van der Waals surface area (Å²) in [6, 6.07) is 13.0. The zero-order chi connectivity index (χ0) is 92.3. The van der Waals surface area contributed by atoms with Gasteiger partial charge in [-0.2, -0.15) is 5.10 Å². The SMILES string of the molecule is C#CCC(=O)N1CCC[C@@H](Nc2c(-c3cc(C)[nH]n3)cnc3[nH]ccc23)C1.C#CCC(=O)N1CCC[C@@H](Nc2c(-c3ncco3)cnc3[nH]ccc23)C1.CCC(=O)N1C[C@H](Nc2c(-c3nc(C(=O)NC)co3)cnc3[nH]ccc23)CC[C@@H]1C.CCC(=O)N1C[C@H](Nc2c(-c3ncco3)cnc3[nH]ccc23)CC[C@@H]1C.[C-]#[N+]c1cnc2[nH]ccc2c1N[C@@H]1CCCN(C(=O)CC#C)C1. The summed E-state index contributed by atoms with van der Waals surface area (Å²) >= 11 is 0. The van der Waals surface area contributed by atoms with Crippen LogP contribution in [-0.2, 0) is 24.0 Å². The van der Waals surface area contributed by atoms with Gasteiger partial charge in [-0.3, -0.25) is 38.8 Å². The summed E-state index contributed by atoms with van der Waals surface area (Å²) in [7, 11) is 1.55. The number of H-pyrrole nitrogens is 6. The molecule has 19 rings (SSSR count). The lowest BCUT2D eigenvalue weighted by Crippen LogP contribution is -2.49. The highest BCUT2D eigenvalue weighted by atomic mass is 16.3. The second kappa shape index (κ2) is 42.5. The Morgan fingerprint density at radius 1 is 0.470 bits per heavy atom. The number of nitrogens with one attached hydrogen (secondary N) is 12. The summed E-state index contributed by atoms with van der Waals surface area (Å²) in [5.74, 6) is 8.73. The number of oxazole rings is 3. The minimum absolute atomic E-state index is 0.00782. The number of carbonyl (C=O) groups is 6. The average molecular weight is 1780 g/mol. The van der Waals surface area contributed by atoms with E-state index in [9.17, 15) is 28.8 Å². The average Bonchev–Trinajstić information content (AvgIpc) is 1.56. The number of hydrogen-bond donors (Lipinski definition) is 12. The van der Waals surface area contributed by atoms with Crippen molar-refractivity contribution in [1.29, 1.82) is 0 Å². The van der Waals surface area contributed by atoms with Crippen LogP contribution in [0.15, 0.2) is 143 Å². The standard InChI is InChI=1S/C21H26N6O3.C20H22N6O.C19H23N5O2.C19H19N5O2.C17H17N5O/c1-4-17(28)27-10-13(6-5-12(27)2)25-18-14-7-8-23-19(14)24-9-15(18)21-26-16(11-30-21)20(29)22-3;1-3-5-18(27)26-9-4-6-14(12-26)23-19-15-7-8-21-20(15)22-11-16(19)17-10-13(2)24-25-17;1-3-16(25)24-11-13(5-4-12(24)2)23-17-14-6-7-20-18(14)22-10-15(17)19-21-8-9-26-19;1-2-4-16(25)24-9-3-5-13(12-24)23-17-14-6-7-20-18(14)22-11-15(17)19-21-8-10-26-19;1-3-5-15(23)22-9-4-6-12(11-22)21-16-13-7-8-19-17(13)20-10-14(16)18-2/h7-9,11-13H,4-6,10H2,1-3H3,(H,22,29)(H2,23,24,25);1,7-8,10-11,14H,4-6,9,12H2,2H3,(H,24,25)(H2,21,22,23);6-10,12-13H,3-5,11H2,1-2H3,(H2,20,22,23);1,6-8,10-11,13H,3-5,9,12H2,(H2,20,22,23);1,7-8,10,12H,4-6,9,11H2,(H2,19,20,21)/t12-,13+;14-;12-,13+;13-;12-/m01011/s1. The Morgan fingerprint density at radius 3 is 1.19 bits per heavy atom. The number of pyridine rings is 5. The van der Waals surface area contributed by atoms with E-state index in [0.29, 0.717) is 74.5 Å². The molecule has 5 fully saturated rings. The van der Waals surface area contributed by atoms with Gasteiger partial charge in [-0.25, -0.2) is 39.7 Å². The summed E-state index contributed by atoms with van der Waals surface area (Å²) in [6.45, 7) is 22.8. The third kappa shape index (κ3) is 21.0. The number of carbonyl (C=O) groups excluding carboxylic acids is 6. The first kappa shape index (κ1) is 91.0. The number of aryl methyl sites for hydroxylation is 1. The predicted octanol–water partition coefficient (Wildman–Crippen LogP) is 14.1. The van der Waals surface area contributed by atoms with Crippen molar-refractivity contribution in [3.8, 4) is 82.7 Å². The molecule has 680 valence electrons. The van der Waals surface area contributed by atoms with Gasteiger partial charge in [-0.15, -0.1) is 19.3 Å². The van der Waals surface area contributed by atoms with Crippen LogP contribution in [0.5, 0.6) is 0 Å². The third-order valence-electron chi connectivity index (χ3n) is 24.4. The molecule has 19 heterocycles. The highest BCUT2D eigenvalue weighted by Crippen LogP contribution is 2.41.